The van der Waals surface area contributed by atoms with E-state index >= 15 is 0 Å². The van der Waals surface area contributed by atoms with E-state index in [9.17, 15) is 9.59 Å². The lowest BCUT2D eigenvalue weighted by Gasteiger charge is -2.19. The fraction of sp³-hybridized carbons (Fsp3) is 0.385. The maximum Gasteiger partial charge on any atom is 0.326 e. The number of carbonyl (C=O) groups is 2. The molecule has 0 fully saturated rings. The third-order valence-corrected chi connectivity index (χ3v) is 2.52. The van der Waals surface area contributed by atoms with Crippen LogP contribution < -0.4 is 5.32 Å². The number of hydrogen-bond acceptors (Lipinski definition) is 3. The van der Waals surface area contributed by atoms with Crippen LogP contribution in [-0.4, -0.2) is 22.9 Å². The van der Waals surface area contributed by atoms with Crippen LogP contribution in [0.2, 0.25) is 0 Å². The minimum atomic E-state index is -0.895. The van der Waals surface area contributed by atoms with Crippen molar-refractivity contribution in [2.45, 2.75) is 26.8 Å². The molecule has 0 bridgehead atoms. The van der Waals surface area contributed by atoms with Crippen molar-refractivity contribution >= 4 is 17.4 Å². The lowest BCUT2D eigenvalue weighted by Crippen LogP contribution is -2.34. The third kappa shape index (κ3) is 3.59. The fourth-order valence-corrected chi connectivity index (χ4v) is 1.52. The van der Waals surface area contributed by atoms with Crippen molar-refractivity contribution in [2.75, 3.05) is 5.32 Å². The van der Waals surface area contributed by atoms with E-state index < -0.39 is 12.0 Å². The largest absolute Gasteiger partial charge is 0.480 e. The Labute approximate surface area is 101 Å². The minimum Gasteiger partial charge on any atom is -0.480 e. The van der Waals surface area contributed by atoms with Gasteiger partial charge in [-0.1, -0.05) is 26.0 Å². The third-order valence-electron chi connectivity index (χ3n) is 2.52. The Hall–Kier alpha value is -1.84. The molecule has 0 saturated heterocycles. The van der Waals surface area contributed by atoms with Gasteiger partial charge in [0.15, 0.2) is 5.78 Å². The molecule has 1 atom stereocenters. The second-order valence-electron chi connectivity index (χ2n) is 4.34. The van der Waals surface area contributed by atoms with Gasteiger partial charge in [-0.25, -0.2) is 4.79 Å². The summed E-state index contributed by atoms with van der Waals surface area (Å²) >= 11 is 0. The Morgan fingerprint density at radius 2 is 1.94 bits per heavy atom. The number of carboxylic acid groups (broad SMARTS) is 1. The summed E-state index contributed by atoms with van der Waals surface area (Å²) in [6, 6.07) is 6.21. The molecule has 0 aromatic heterocycles. The molecule has 0 radical (unpaired) electrons. The van der Waals surface area contributed by atoms with Crippen LogP contribution in [-0.2, 0) is 4.79 Å². The van der Waals surface area contributed by atoms with Gasteiger partial charge in [0.25, 0.3) is 0 Å². The highest BCUT2D eigenvalue weighted by atomic mass is 16.4. The maximum atomic E-state index is 11.2. The first-order valence-electron chi connectivity index (χ1n) is 5.52. The molecular formula is C13H17NO3. The van der Waals surface area contributed by atoms with Gasteiger partial charge in [0.1, 0.15) is 6.04 Å². The van der Waals surface area contributed by atoms with E-state index in [1.807, 2.05) is 13.8 Å². The number of hydrogen-bond donors (Lipinski definition) is 2. The van der Waals surface area contributed by atoms with E-state index in [4.69, 9.17) is 5.11 Å². The standard InChI is InChI=1S/C13H17NO3/c1-8(2)12(13(16)17)14-11-6-4-5-10(7-11)9(3)15/h4-8,12,14H,1-3H3,(H,16,17)/t12-/m0/s1. The van der Waals surface area contributed by atoms with Gasteiger partial charge in [-0.3, -0.25) is 4.79 Å². The second-order valence-corrected chi connectivity index (χ2v) is 4.34. The van der Waals surface area contributed by atoms with Crippen molar-refractivity contribution < 1.29 is 14.7 Å². The van der Waals surface area contributed by atoms with E-state index in [0.717, 1.165) is 0 Å². The van der Waals surface area contributed by atoms with Crippen LogP contribution in [0.4, 0.5) is 5.69 Å². The molecule has 4 heteroatoms. The molecule has 92 valence electrons. The van der Waals surface area contributed by atoms with Crippen molar-refractivity contribution in [1.82, 2.24) is 0 Å². The Kier molecular flexibility index (Phi) is 4.26. The number of rotatable bonds is 5. The maximum absolute atomic E-state index is 11.2. The van der Waals surface area contributed by atoms with Gasteiger partial charge in [-0.05, 0) is 25.0 Å². The summed E-state index contributed by atoms with van der Waals surface area (Å²) in [6.45, 7) is 5.15. The van der Waals surface area contributed by atoms with Gasteiger partial charge in [0.05, 0.1) is 0 Å². The normalized spacial score (nSPS) is 12.2. The SMILES string of the molecule is CC(=O)c1cccc(N[C@H](C(=O)O)C(C)C)c1. The molecule has 0 unspecified atom stereocenters. The molecule has 2 N–H and O–H groups in total. The van der Waals surface area contributed by atoms with Crippen molar-refractivity contribution in [3.05, 3.63) is 29.8 Å². The Morgan fingerprint density at radius 1 is 1.29 bits per heavy atom. The molecule has 0 saturated carbocycles. The van der Waals surface area contributed by atoms with E-state index in [-0.39, 0.29) is 11.7 Å². The van der Waals surface area contributed by atoms with Crippen molar-refractivity contribution in [2.24, 2.45) is 5.92 Å². The Bertz CT molecular complexity index is 426. The number of Topliss-reactive ketones (excluding diaryl/α,β-unsaturated/α-hetero) is 1. The van der Waals surface area contributed by atoms with E-state index in [1.165, 1.54) is 6.92 Å². The topological polar surface area (TPSA) is 66.4 Å². The molecule has 0 spiro atoms. The second kappa shape index (κ2) is 5.48. The average molecular weight is 235 g/mol. The zero-order valence-corrected chi connectivity index (χ0v) is 10.2. The van der Waals surface area contributed by atoms with Gasteiger partial charge >= 0.3 is 5.97 Å². The summed E-state index contributed by atoms with van der Waals surface area (Å²) in [5.74, 6) is -0.966. The lowest BCUT2D eigenvalue weighted by atomic mass is 10.0. The number of ketones is 1. The Balaban J connectivity index is 2.90. The monoisotopic (exact) mass is 235 g/mol. The summed E-state index contributed by atoms with van der Waals surface area (Å²) in [5.41, 5.74) is 1.22. The van der Waals surface area contributed by atoms with Crippen LogP contribution in [0.25, 0.3) is 0 Å². The van der Waals surface area contributed by atoms with Gasteiger partial charge in [-0.15, -0.1) is 0 Å². The first kappa shape index (κ1) is 13.2. The molecule has 0 heterocycles. The quantitative estimate of drug-likeness (QED) is 0.769. The number of nitrogens with one attached hydrogen (secondary N) is 1. The molecule has 0 aliphatic rings. The van der Waals surface area contributed by atoms with Crippen LogP contribution in [0.5, 0.6) is 0 Å². The number of benzene rings is 1. The summed E-state index contributed by atoms with van der Waals surface area (Å²) < 4.78 is 0. The van der Waals surface area contributed by atoms with Crippen LogP contribution in [0.15, 0.2) is 24.3 Å². The van der Waals surface area contributed by atoms with Gasteiger partial charge in [0, 0.05) is 11.3 Å². The first-order chi connectivity index (χ1) is 7.91. The predicted molar refractivity (Wildman–Crippen MR) is 66.3 cm³/mol. The van der Waals surface area contributed by atoms with E-state index in [2.05, 4.69) is 5.32 Å². The van der Waals surface area contributed by atoms with Crippen molar-refractivity contribution in [1.29, 1.82) is 0 Å². The zero-order chi connectivity index (χ0) is 13.0. The van der Waals surface area contributed by atoms with Crippen LogP contribution in [0.3, 0.4) is 0 Å². The number of aliphatic carboxylic acids is 1. The zero-order valence-electron chi connectivity index (χ0n) is 10.2. The Morgan fingerprint density at radius 3 is 2.41 bits per heavy atom. The average Bonchev–Trinajstić information content (AvgIpc) is 2.25. The number of carboxylic acids is 1. The number of carbonyl (C=O) groups excluding carboxylic acids is 1. The molecular weight excluding hydrogens is 218 g/mol. The molecule has 0 aliphatic carbocycles. The van der Waals surface area contributed by atoms with E-state index in [0.29, 0.717) is 11.3 Å². The molecule has 1 rings (SSSR count). The van der Waals surface area contributed by atoms with Gasteiger partial charge in [0.2, 0.25) is 0 Å². The van der Waals surface area contributed by atoms with Gasteiger partial charge in [-0.2, -0.15) is 0 Å². The first-order valence-corrected chi connectivity index (χ1v) is 5.52. The predicted octanol–water partition coefficient (Wildman–Crippen LogP) is 2.41. The summed E-state index contributed by atoms with van der Waals surface area (Å²) in [5, 5.41) is 12.0. The van der Waals surface area contributed by atoms with Crippen molar-refractivity contribution in [3.8, 4) is 0 Å². The summed E-state index contributed by atoms with van der Waals surface area (Å²) in [7, 11) is 0. The highest BCUT2D eigenvalue weighted by Crippen LogP contribution is 2.15. The van der Waals surface area contributed by atoms with Crippen LogP contribution in [0, 0.1) is 5.92 Å². The highest BCUT2D eigenvalue weighted by molar-refractivity contribution is 5.95. The van der Waals surface area contributed by atoms with Crippen LogP contribution in [0.1, 0.15) is 31.1 Å². The molecule has 0 aliphatic heterocycles. The number of anilines is 1. The summed E-state index contributed by atoms with van der Waals surface area (Å²) in [6.07, 6.45) is 0. The fourth-order valence-electron chi connectivity index (χ4n) is 1.52. The van der Waals surface area contributed by atoms with E-state index in [1.54, 1.807) is 24.3 Å². The molecule has 1 aromatic rings. The highest BCUT2D eigenvalue weighted by Gasteiger charge is 2.20. The molecule has 1 aromatic carbocycles. The lowest BCUT2D eigenvalue weighted by molar-refractivity contribution is -0.138. The van der Waals surface area contributed by atoms with Gasteiger partial charge < -0.3 is 10.4 Å². The minimum absolute atomic E-state index is 0.0338. The molecule has 4 nitrogen and oxygen atoms in total. The molecule has 17 heavy (non-hydrogen) atoms. The molecule has 0 amide bonds. The smallest absolute Gasteiger partial charge is 0.326 e. The van der Waals surface area contributed by atoms with Crippen molar-refractivity contribution in [3.63, 3.8) is 0 Å². The van der Waals surface area contributed by atoms with Crippen LogP contribution >= 0.6 is 0 Å². The summed E-state index contributed by atoms with van der Waals surface area (Å²) in [4.78, 5) is 22.2.